The Morgan fingerprint density at radius 3 is 2.44 bits per heavy atom. The molecule has 7 nitrogen and oxygen atoms in total. The monoisotopic (exact) mass is 434 g/mol. The standard InChI is InChI=1S/C19H19BrN2O5/c1-24-15-8-13(9-16(25-2)18(15)26-3)21-19(23)17-10-14(22-27-17)11-5-4-6-12(20)7-11/h4-9,17H,10H2,1-3H3,(H,21,23)/t17-/m1/s1. The number of nitrogens with zero attached hydrogens (tertiary/aromatic N) is 1. The van der Waals surface area contributed by atoms with Crippen LogP contribution in [0.4, 0.5) is 5.69 Å². The molecule has 3 rings (SSSR count). The van der Waals surface area contributed by atoms with E-state index in [1.54, 1.807) is 12.1 Å². The summed E-state index contributed by atoms with van der Waals surface area (Å²) in [4.78, 5) is 17.9. The lowest BCUT2D eigenvalue weighted by molar-refractivity contribution is -0.125. The average Bonchev–Trinajstić information content (AvgIpc) is 3.17. The van der Waals surface area contributed by atoms with Crippen LogP contribution in [0.15, 0.2) is 46.0 Å². The van der Waals surface area contributed by atoms with Crippen molar-refractivity contribution >= 4 is 33.2 Å². The third kappa shape index (κ3) is 4.16. The van der Waals surface area contributed by atoms with Gasteiger partial charge in [0, 0.05) is 34.3 Å². The number of rotatable bonds is 6. The molecule has 1 amide bonds. The van der Waals surface area contributed by atoms with E-state index in [1.165, 1.54) is 21.3 Å². The van der Waals surface area contributed by atoms with E-state index >= 15 is 0 Å². The van der Waals surface area contributed by atoms with Gasteiger partial charge in [0.15, 0.2) is 11.5 Å². The Morgan fingerprint density at radius 2 is 1.85 bits per heavy atom. The van der Waals surface area contributed by atoms with Crippen molar-refractivity contribution in [3.8, 4) is 17.2 Å². The van der Waals surface area contributed by atoms with Crippen molar-refractivity contribution in [2.75, 3.05) is 26.6 Å². The van der Waals surface area contributed by atoms with Gasteiger partial charge in [0.05, 0.1) is 27.0 Å². The van der Waals surface area contributed by atoms with Crippen LogP contribution >= 0.6 is 15.9 Å². The highest BCUT2D eigenvalue weighted by molar-refractivity contribution is 9.10. The quantitative estimate of drug-likeness (QED) is 0.750. The topological polar surface area (TPSA) is 78.4 Å². The van der Waals surface area contributed by atoms with Gasteiger partial charge >= 0.3 is 0 Å². The molecule has 8 heteroatoms. The Bertz CT molecular complexity index is 859. The highest BCUT2D eigenvalue weighted by Gasteiger charge is 2.29. The molecule has 1 heterocycles. The van der Waals surface area contributed by atoms with Crippen LogP contribution in [0.5, 0.6) is 17.2 Å². The number of oxime groups is 1. The summed E-state index contributed by atoms with van der Waals surface area (Å²) < 4.78 is 16.8. The molecule has 0 saturated heterocycles. The van der Waals surface area contributed by atoms with E-state index < -0.39 is 6.10 Å². The second-order valence-electron chi connectivity index (χ2n) is 5.75. The van der Waals surface area contributed by atoms with E-state index in [2.05, 4.69) is 26.4 Å². The number of anilines is 1. The molecular weight excluding hydrogens is 416 g/mol. The van der Waals surface area contributed by atoms with Crippen molar-refractivity contribution in [3.05, 3.63) is 46.4 Å². The van der Waals surface area contributed by atoms with Gasteiger partial charge in [0.25, 0.3) is 5.91 Å². The Balaban J connectivity index is 1.72. The number of hydrogen-bond acceptors (Lipinski definition) is 6. The SMILES string of the molecule is COc1cc(NC(=O)[C@H]2CC(c3cccc(Br)c3)=NO2)cc(OC)c1OC. The number of hydrogen-bond donors (Lipinski definition) is 1. The van der Waals surface area contributed by atoms with E-state index in [1.807, 2.05) is 24.3 Å². The Morgan fingerprint density at radius 1 is 1.15 bits per heavy atom. The number of nitrogens with one attached hydrogen (secondary N) is 1. The van der Waals surface area contributed by atoms with Crippen molar-refractivity contribution < 1.29 is 23.8 Å². The number of benzene rings is 2. The number of halogens is 1. The summed E-state index contributed by atoms with van der Waals surface area (Å²) in [5.41, 5.74) is 2.14. The molecule has 0 fully saturated rings. The summed E-state index contributed by atoms with van der Waals surface area (Å²) >= 11 is 3.43. The lowest BCUT2D eigenvalue weighted by Crippen LogP contribution is -2.28. The predicted molar refractivity (Wildman–Crippen MR) is 105 cm³/mol. The van der Waals surface area contributed by atoms with Crippen molar-refractivity contribution in [3.63, 3.8) is 0 Å². The van der Waals surface area contributed by atoms with E-state index in [0.29, 0.717) is 29.4 Å². The van der Waals surface area contributed by atoms with Gasteiger partial charge in [-0.15, -0.1) is 0 Å². The molecule has 0 unspecified atom stereocenters. The molecular formula is C19H19BrN2O5. The minimum absolute atomic E-state index is 0.307. The van der Waals surface area contributed by atoms with Crippen molar-refractivity contribution in [1.29, 1.82) is 0 Å². The zero-order chi connectivity index (χ0) is 19.4. The number of methoxy groups -OCH3 is 3. The number of carbonyl (C=O) groups is 1. The van der Waals surface area contributed by atoms with Crippen LogP contribution < -0.4 is 19.5 Å². The molecule has 27 heavy (non-hydrogen) atoms. The third-order valence-electron chi connectivity index (χ3n) is 4.05. The average molecular weight is 435 g/mol. The van der Waals surface area contributed by atoms with Crippen LogP contribution in [0.2, 0.25) is 0 Å². The van der Waals surface area contributed by atoms with Crippen LogP contribution in [-0.4, -0.2) is 39.1 Å². The van der Waals surface area contributed by atoms with Crippen molar-refractivity contribution in [2.24, 2.45) is 5.16 Å². The molecule has 1 atom stereocenters. The molecule has 1 N–H and O–H groups in total. The minimum atomic E-state index is -0.710. The van der Waals surface area contributed by atoms with Crippen LogP contribution in [0.3, 0.4) is 0 Å². The lowest BCUT2D eigenvalue weighted by atomic mass is 10.0. The molecule has 0 aromatic heterocycles. The Hall–Kier alpha value is -2.74. The first kappa shape index (κ1) is 19.0. The summed E-state index contributed by atoms with van der Waals surface area (Å²) in [5.74, 6) is 1.05. The van der Waals surface area contributed by atoms with Gasteiger partial charge in [-0.25, -0.2) is 0 Å². The van der Waals surface area contributed by atoms with Gasteiger partial charge in [-0.1, -0.05) is 33.2 Å². The molecule has 0 radical (unpaired) electrons. The summed E-state index contributed by atoms with van der Waals surface area (Å²) in [7, 11) is 4.55. The molecule has 2 aromatic rings. The Labute approximate surface area is 165 Å². The fourth-order valence-corrected chi connectivity index (χ4v) is 3.13. The van der Waals surface area contributed by atoms with E-state index in [0.717, 1.165) is 15.7 Å². The van der Waals surface area contributed by atoms with Crippen molar-refractivity contribution in [2.45, 2.75) is 12.5 Å². The smallest absolute Gasteiger partial charge is 0.268 e. The molecule has 2 aromatic carbocycles. The maximum atomic E-state index is 12.6. The van der Waals surface area contributed by atoms with Gasteiger partial charge < -0.3 is 24.4 Å². The van der Waals surface area contributed by atoms with E-state index in [4.69, 9.17) is 19.0 Å². The van der Waals surface area contributed by atoms with E-state index in [9.17, 15) is 4.79 Å². The highest BCUT2D eigenvalue weighted by Crippen LogP contribution is 2.40. The minimum Gasteiger partial charge on any atom is -0.493 e. The zero-order valence-corrected chi connectivity index (χ0v) is 16.7. The fraction of sp³-hybridized carbons (Fsp3) is 0.263. The third-order valence-corrected chi connectivity index (χ3v) is 4.54. The summed E-state index contributed by atoms with van der Waals surface area (Å²) in [6, 6.07) is 11.0. The first-order valence-corrected chi connectivity index (χ1v) is 8.94. The summed E-state index contributed by atoms with van der Waals surface area (Å²) in [6.07, 6.45) is -0.328. The van der Waals surface area contributed by atoms with E-state index in [-0.39, 0.29) is 5.91 Å². The van der Waals surface area contributed by atoms with Gasteiger partial charge in [-0.2, -0.15) is 0 Å². The van der Waals surface area contributed by atoms with Gasteiger partial charge in [0.1, 0.15) is 0 Å². The normalized spacial score (nSPS) is 15.6. The van der Waals surface area contributed by atoms with Crippen LogP contribution in [0.25, 0.3) is 0 Å². The Kier molecular flexibility index (Phi) is 5.85. The number of amides is 1. The molecule has 142 valence electrons. The van der Waals surface area contributed by atoms with Crippen LogP contribution in [-0.2, 0) is 9.63 Å². The summed E-state index contributed by atoms with van der Waals surface area (Å²) in [6.45, 7) is 0. The van der Waals surface area contributed by atoms with Crippen LogP contribution in [0.1, 0.15) is 12.0 Å². The first-order chi connectivity index (χ1) is 13.0. The maximum absolute atomic E-state index is 12.6. The van der Waals surface area contributed by atoms with Gasteiger partial charge in [0.2, 0.25) is 11.9 Å². The molecule has 0 aliphatic carbocycles. The number of carbonyl (C=O) groups excluding carboxylic acids is 1. The second kappa shape index (κ2) is 8.30. The largest absolute Gasteiger partial charge is 0.493 e. The molecule has 1 aliphatic rings. The predicted octanol–water partition coefficient (Wildman–Crippen LogP) is 3.61. The molecule has 1 aliphatic heterocycles. The first-order valence-electron chi connectivity index (χ1n) is 8.15. The van der Waals surface area contributed by atoms with Crippen molar-refractivity contribution in [1.82, 2.24) is 0 Å². The zero-order valence-electron chi connectivity index (χ0n) is 15.1. The second-order valence-corrected chi connectivity index (χ2v) is 6.67. The highest BCUT2D eigenvalue weighted by atomic mass is 79.9. The van der Waals surface area contributed by atoms with Gasteiger partial charge in [-0.05, 0) is 12.1 Å². The fourth-order valence-electron chi connectivity index (χ4n) is 2.73. The van der Waals surface area contributed by atoms with Crippen LogP contribution in [0, 0.1) is 0 Å². The summed E-state index contributed by atoms with van der Waals surface area (Å²) in [5, 5.41) is 6.86. The lowest BCUT2D eigenvalue weighted by Gasteiger charge is -2.15. The van der Waals surface area contributed by atoms with Gasteiger partial charge in [-0.3, -0.25) is 4.79 Å². The molecule has 0 saturated carbocycles. The maximum Gasteiger partial charge on any atom is 0.268 e. The number of ether oxygens (including phenoxy) is 3. The molecule has 0 spiro atoms. The molecule has 0 bridgehead atoms.